The highest BCUT2D eigenvalue weighted by atomic mass is 16.5. The maximum atomic E-state index is 14.2. The van der Waals surface area contributed by atoms with E-state index < -0.39 is 17.7 Å². The number of carboxylic acid groups (broad SMARTS) is 1. The first-order chi connectivity index (χ1) is 16.2. The summed E-state index contributed by atoms with van der Waals surface area (Å²) in [5, 5.41) is 10.2. The minimum absolute atomic E-state index is 0.269. The molecule has 0 aromatic heterocycles. The lowest BCUT2D eigenvalue weighted by Gasteiger charge is -2.41. The van der Waals surface area contributed by atoms with Crippen LogP contribution in [-0.2, 0) is 17.8 Å². The van der Waals surface area contributed by atoms with Gasteiger partial charge in [-0.25, -0.2) is 4.79 Å². The zero-order valence-corrected chi connectivity index (χ0v) is 20.1. The van der Waals surface area contributed by atoms with Crippen LogP contribution >= 0.6 is 0 Å². The number of hydrogen-bond acceptors (Lipinski definition) is 3. The monoisotopic (exact) mass is 460 g/mol. The Morgan fingerprint density at radius 1 is 0.853 bits per heavy atom. The molecule has 2 amide bonds. The van der Waals surface area contributed by atoms with Gasteiger partial charge in [0.2, 0.25) is 0 Å². The smallest absolute Gasteiger partial charge is 0.408 e. The van der Waals surface area contributed by atoms with E-state index in [4.69, 9.17) is 4.74 Å². The van der Waals surface area contributed by atoms with Crippen LogP contribution in [0.2, 0.25) is 0 Å². The molecular weight excluding hydrogens is 428 g/mol. The Morgan fingerprint density at radius 3 is 1.85 bits per heavy atom. The summed E-state index contributed by atoms with van der Waals surface area (Å²) in [6, 6.07) is 25.5. The van der Waals surface area contributed by atoms with Gasteiger partial charge in [0.05, 0.1) is 13.7 Å². The lowest BCUT2D eigenvalue weighted by Crippen LogP contribution is -2.58. The Labute approximate surface area is 201 Å². The third-order valence-electron chi connectivity index (χ3n) is 5.63. The van der Waals surface area contributed by atoms with E-state index in [1.807, 2.05) is 72.8 Å². The minimum atomic E-state index is -1.13. The number of benzene rings is 3. The van der Waals surface area contributed by atoms with Crippen LogP contribution in [0.4, 0.5) is 10.5 Å². The summed E-state index contributed by atoms with van der Waals surface area (Å²) in [4.78, 5) is 29.5. The Hall–Kier alpha value is -3.80. The zero-order chi connectivity index (χ0) is 24.7. The van der Waals surface area contributed by atoms with Gasteiger partial charge in [-0.1, -0.05) is 60.7 Å². The molecule has 1 unspecified atom stereocenters. The van der Waals surface area contributed by atoms with Gasteiger partial charge in [0.1, 0.15) is 11.8 Å². The molecule has 1 atom stereocenters. The first-order valence-corrected chi connectivity index (χ1v) is 11.3. The largest absolute Gasteiger partial charge is 0.497 e. The molecule has 6 nitrogen and oxygen atoms in total. The Morgan fingerprint density at radius 2 is 1.38 bits per heavy atom. The van der Waals surface area contributed by atoms with Crippen LogP contribution in [-0.4, -0.2) is 40.7 Å². The van der Waals surface area contributed by atoms with Gasteiger partial charge in [-0.2, -0.15) is 0 Å². The molecule has 0 spiro atoms. The van der Waals surface area contributed by atoms with Crippen molar-refractivity contribution in [3.05, 3.63) is 96.1 Å². The first-order valence-electron chi connectivity index (χ1n) is 11.3. The van der Waals surface area contributed by atoms with Crippen molar-refractivity contribution in [3.63, 3.8) is 0 Å². The van der Waals surface area contributed by atoms with Crippen LogP contribution < -0.4 is 9.64 Å². The second-order valence-corrected chi connectivity index (χ2v) is 9.14. The second-order valence-electron chi connectivity index (χ2n) is 9.14. The molecule has 0 saturated heterocycles. The van der Waals surface area contributed by atoms with E-state index in [1.165, 1.54) is 4.90 Å². The summed E-state index contributed by atoms with van der Waals surface area (Å²) in [7, 11) is 1.59. The average molecular weight is 461 g/mol. The fraction of sp³-hybridized carbons (Fsp3) is 0.286. The number of methoxy groups -OCH3 is 1. The number of carbonyl (C=O) groups excluding carboxylic acids is 1. The van der Waals surface area contributed by atoms with Crippen LogP contribution in [0.3, 0.4) is 0 Å². The van der Waals surface area contributed by atoms with Gasteiger partial charge < -0.3 is 14.7 Å². The molecule has 0 bridgehead atoms. The van der Waals surface area contributed by atoms with Gasteiger partial charge in [0.25, 0.3) is 5.91 Å². The molecule has 6 heteroatoms. The molecule has 0 saturated carbocycles. The van der Waals surface area contributed by atoms with E-state index >= 15 is 0 Å². The van der Waals surface area contributed by atoms with Gasteiger partial charge in [0.15, 0.2) is 0 Å². The van der Waals surface area contributed by atoms with Crippen molar-refractivity contribution in [1.29, 1.82) is 0 Å². The van der Waals surface area contributed by atoms with Gasteiger partial charge in [0, 0.05) is 17.6 Å². The minimum Gasteiger partial charge on any atom is -0.497 e. The topological polar surface area (TPSA) is 70.1 Å². The maximum absolute atomic E-state index is 14.2. The van der Waals surface area contributed by atoms with Crippen molar-refractivity contribution in [2.45, 2.75) is 45.3 Å². The normalized spacial score (nSPS) is 12.0. The van der Waals surface area contributed by atoms with Crippen molar-refractivity contribution < 1.29 is 19.4 Å². The van der Waals surface area contributed by atoms with E-state index in [9.17, 15) is 14.7 Å². The Balaban J connectivity index is 2.08. The molecule has 0 heterocycles. The summed E-state index contributed by atoms with van der Waals surface area (Å²) in [6.45, 7) is 5.73. The summed E-state index contributed by atoms with van der Waals surface area (Å²) < 4.78 is 5.28. The number of anilines is 1. The van der Waals surface area contributed by atoms with Crippen LogP contribution in [0.5, 0.6) is 5.75 Å². The van der Waals surface area contributed by atoms with Crippen LogP contribution in [0, 0.1) is 0 Å². The summed E-state index contributed by atoms with van der Waals surface area (Å²) in [5.74, 6) is 0.397. The SMILES string of the molecule is COc1ccc(N(Cc2ccccc2)C(=O)C(Cc2ccccc2)N(C(=O)O)C(C)(C)C)cc1. The van der Waals surface area contributed by atoms with E-state index in [1.54, 1.807) is 44.9 Å². The average Bonchev–Trinajstić information content (AvgIpc) is 2.82. The highest BCUT2D eigenvalue weighted by Crippen LogP contribution is 2.27. The predicted molar refractivity (Wildman–Crippen MR) is 134 cm³/mol. The molecule has 1 N–H and O–H groups in total. The van der Waals surface area contributed by atoms with Crippen molar-refractivity contribution in [3.8, 4) is 5.75 Å². The van der Waals surface area contributed by atoms with Crippen molar-refractivity contribution >= 4 is 17.7 Å². The molecule has 3 aromatic rings. The molecule has 3 aromatic carbocycles. The van der Waals surface area contributed by atoms with Crippen molar-refractivity contribution in [2.75, 3.05) is 12.0 Å². The Bertz CT molecular complexity index is 1080. The quantitative estimate of drug-likeness (QED) is 0.474. The number of amides is 2. The fourth-order valence-electron chi connectivity index (χ4n) is 4.02. The molecule has 178 valence electrons. The third kappa shape index (κ3) is 6.16. The summed E-state index contributed by atoms with van der Waals surface area (Å²) in [6.07, 6.45) is -0.860. The van der Waals surface area contributed by atoms with Gasteiger partial charge >= 0.3 is 6.09 Å². The van der Waals surface area contributed by atoms with Crippen molar-refractivity contribution in [2.24, 2.45) is 0 Å². The number of carbonyl (C=O) groups is 2. The van der Waals surface area contributed by atoms with Crippen LogP contribution in [0.15, 0.2) is 84.9 Å². The van der Waals surface area contributed by atoms with Crippen molar-refractivity contribution in [1.82, 2.24) is 4.90 Å². The summed E-state index contributed by atoms with van der Waals surface area (Å²) >= 11 is 0. The molecule has 0 aliphatic carbocycles. The highest BCUT2D eigenvalue weighted by molar-refractivity contribution is 5.99. The molecule has 0 radical (unpaired) electrons. The van der Waals surface area contributed by atoms with Crippen LogP contribution in [0.1, 0.15) is 31.9 Å². The van der Waals surface area contributed by atoms with Gasteiger partial charge in [-0.05, 0) is 56.2 Å². The molecule has 0 aliphatic heterocycles. The van der Waals surface area contributed by atoms with E-state index in [2.05, 4.69) is 0 Å². The molecule has 34 heavy (non-hydrogen) atoms. The Kier molecular flexibility index (Phi) is 7.95. The van der Waals surface area contributed by atoms with Crippen LogP contribution in [0.25, 0.3) is 0 Å². The lowest BCUT2D eigenvalue weighted by molar-refractivity contribution is -0.125. The summed E-state index contributed by atoms with van der Waals surface area (Å²) in [5.41, 5.74) is 1.74. The first kappa shape index (κ1) is 24.8. The third-order valence-corrected chi connectivity index (χ3v) is 5.63. The van der Waals surface area contributed by atoms with E-state index in [0.29, 0.717) is 18.0 Å². The van der Waals surface area contributed by atoms with Gasteiger partial charge in [-0.3, -0.25) is 9.69 Å². The molecule has 0 aliphatic rings. The highest BCUT2D eigenvalue weighted by Gasteiger charge is 2.39. The van der Waals surface area contributed by atoms with E-state index in [0.717, 1.165) is 11.1 Å². The second kappa shape index (κ2) is 10.9. The number of nitrogens with zero attached hydrogens (tertiary/aromatic N) is 2. The number of rotatable bonds is 8. The predicted octanol–water partition coefficient (Wildman–Crippen LogP) is 5.62. The van der Waals surface area contributed by atoms with Gasteiger partial charge in [-0.15, -0.1) is 0 Å². The van der Waals surface area contributed by atoms with E-state index in [-0.39, 0.29) is 12.3 Å². The zero-order valence-electron chi connectivity index (χ0n) is 20.1. The molecule has 0 fully saturated rings. The number of hydrogen-bond donors (Lipinski definition) is 1. The molecular formula is C28H32N2O4. The number of ether oxygens (including phenoxy) is 1. The molecule has 3 rings (SSSR count). The standard InChI is InChI=1S/C28H32N2O4/c1-28(2,3)30(27(32)33)25(19-21-11-7-5-8-12-21)26(31)29(20-22-13-9-6-10-14-22)23-15-17-24(34-4)18-16-23/h5-18,25H,19-20H2,1-4H3,(H,32,33). The maximum Gasteiger partial charge on any atom is 0.408 e. The lowest BCUT2D eigenvalue weighted by atomic mass is 9.97. The fourth-order valence-corrected chi connectivity index (χ4v) is 4.02.